The second-order valence-electron chi connectivity index (χ2n) is 7.33. The summed E-state index contributed by atoms with van der Waals surface area (Å²) in [5.41, 5.74) is 0. The summed E-state index contributed by atoms with van der Waals surface area (Å²) in [6.07, 6.45) is 7.35. The van der Waals surface area contributed by atoms with Crippen LogP contribution in [-0.2, 0) is 4.79 Å². The molecule has 1 amide bonds. The number of carbonyl (C=O) groups excluding carboxylic acids is 1. The lowest BCUT2D eigenvalue weighted by Crippen LogP contribution is -2.26. The van der Waals surface area contributed by atoms with E-state index in [1.807, 2.05) is 0 Å². The predicted octanol–water partition coefficient (Wildman–Crippen LogP) is 7.11. The summed E-state index contributed by atoms with van der Waals surface area (Å²) < 4.78 is 68.2. The maximum atomic E-state index is 12.9. The Morgan fingerprint density at radius 1 is 1.06 bits per heavy atom. The molecule has 186 valence electrons. The lowest BCUT2D eigenvalue weighted by molar-refractivity contribution is -0.110. The summed E-state index contributed by atoms with van der Waals surface area (Å²) in [5.74, 6) is -0.607. The summed E-state index contributed by atoms with van der Waals surface area (Å²) in [6.45, 7) is 2.81. The molecule has 0 spiro atoms. The molecule has 2 rings (SSSR count). The molecule has 0 radical (unpaired) electrons. The number of nitrogens with one attached hydrogen (secondary N) is 1. The molecule has 0 saturated heterocycles. The number of benzene rings is 1. The minimum Gasteiger partial charge on any atom is -0.486 e. The van der Waals surface area contributed by atoms with Gasteiger partial charge < -0.3 is 14.8 Å². The first-order chi connectivity index (χ1) is 15.3. The normalized spacial score (nSPS) is 13.8. The van der Waals surface area contributed by atoms with Crippen molar-refractivity contribution in [3.05, 3.63) is 24.0 Å². The molecule has 0 aliphatic heterocycles. The number of hydrogen-bond acceptors (Lipinski definition) is 3. The van der Waals surface area contributed by atoms with Crippen LogP contribution in [0.15, 0.2) is 18.2 Å². The van der Waals surface area contributed by atoms with Gasteiger partial charge in [0, 0.05) is 18.5 Å². The van der Waals surface area contributed by atoms with Crippen molar-refractivity contribution in [3.63, 3.8) is 0 Å². The SMILES string of the molecule is CCC(F)F.CCCCCC(CC)NC=O.Fc1ccc(OC(F)F)c(OC2CCC2)c1. The van der Waals surface area contributed by atoms with Gasteiger partial charge in [0.05, 0.1) is 6.10 Å². The molecule has 0 aromatic heterocycles. The van der Waals surface area contributed by atoms with Gasteiger partial charge in [0.25, 0.3) is 0 Å². The third-order valence-corrected chi connectivity index (χ3v) is 4.73. The van der Waals surface area contributed by atoms with Gasteiger partial charge in [-0.2, -0.15) is 8.78 Å². The Morgan fingerprint density at radius 3 is 2.16 bits per heavy atom. The smallest absolute Gasteiger partial charge is 0.387 e. The van der Waals surface area contributed by atoms with Crippen molar-refractivity contribution < 1.29 is 36.2 Å². The number of ether oxygens (including phenoxy) is 2. The van der Waals surface area contributed by atoms with Gasteiger partial charge in [0.2, 0.25) is 12.8 Å². The van der Waals surface area contributed by atoms with E-state index in [4.69, 9.17) is 4.74 Å². The molecule has 1 aliphatic rings. The maximum absolute atomic E-state index is 12.9. The maximum Gasteiger partial charge on any atom is 0.387 e. The average Bonchev–Trinajstić information content (AvgIpc) is 2.72. The van der Waals surface area contributed by atoms with Crippen LogP contribution >= 0.6 is 0 Å². The minimum atomic E-state index is -2.94. The van der Waals surface area contributed by atoms with Crippen LogP contribution in [0.2, 0.25) is 0 Å². The minimum absolute atomic E-state index is 0.0122. The highest BCUT2D eigenvalue weighted by Gasteiger charge is 2.22. The fourth-order valence-corrected chi connectivity index (χ4v) is 2.58. The average molecular weight is 470 g/mol. The van der Waals surface area contributed by atoms with E-state index >= 15 is 0 Å². The van der Waals surface area contributed by atoms with Crippen LogP contribution in [0.4, 0.5) is 22.0 Å². The highest BCUT2D eigenvalue weighted by Crippen LogP contribution is 2.33. The molecule has 1 unspecified atom stereocenters. The Kier molecular flexibility index (Phi) is 17.3. The standard InChI is InChI=1S/C11H11F3O2.C9H19NO.C3H6F2/c12-7-4-5-9(16-11(13)14)10(6-7)15-8-2-1-3-8;1-3-5-6-7-9(4-2)10-8-11;1-2-3(4)5/h4-6,8,11H,1-3H2;8-9H,3-7H2,1-2H3,(H,10,11);3H,2H2,1H3. The number of unbranched alkanes of at least 4 members (excludes halogenated alkanes) is 2. The van der Waals surface area contributed by atoms with E-state index in [1.165, 1.54) is 26.2 Å². The molecule has 32 heavy (non-hydrogen) atoms. The van der Waals surface area contributed by atoms with Gasteiger partial charge in [-0.25, -0.2) is 13.2 Å². The lowest BCUT2D eigenvalue weighted by atomic mass is 9.96. The molecule has 1 aromatic carbocycles. The molecule has 4 nitrogen and oxygen atoms in total. The zero-order valence-corrected chi connectivity index (χ0v) is 19.1. The molecule has 1 fully saturated rings. The highest BCUT2D eigenvalue weighted by molar-refractivity contribution is 5.46. The zero-order valence-electron chi connectivity index (χ0n) is 19.1. The van der Waals surface area contributed by atoms with Crippen molar-refractivity contribution >= 4 is 6.41 Å². The largest absolute Gasteiger partial charge is 0.486 e. The Bertz CT molecular complexity index is 601. The Hall–Kier alpha value is -2.06. The second-order valence-corrected chi connectivity index (χ2v) is 7.33. The van der Waals surface area contributed by atoms with Crippen LogP contribution in [0.1, 0.15) is 78.6 Å². The van der Waals surface area contributed by atoms with Crippen molar-refractivity contribution in [2.45, 2.75) is 104 Å². The molecule has 1 aliphatic carbocycles. The van der Waals surface area contributed by atoms with Crippen molar-refractivity contribution in [2.24, 2.45) is 0 Å². The molecule has 0 heterocycles. The van der Waals surface area contributed by atoms with Crippen LogP contribution in [0.5, 0.6) is 11.5 Å². The number of amides is 1. The van der Waals surface area contributed by atoms with Crippen LogP contribution in [-0.4, -0.2) is 31.6 Å². The number of rotatable bonds is 12. The molecule has 9 heteroatoms. The molecular weight excluding hydrogens is 433 g/mol. The number of alkyl halides is 4. The number of carbonyl (C=O) groups is 1. The quantitative estimate of drug-likeness (QED) is 0.202. The summed E-state index contributed by atoms with van der Waals surface area (Å²) in [5, 5.41) is 2.81. The summed E-state index contributed by atoms with van der Waals surface area (Å²) in [4.78, 5) is 10.1. The Labute approximate surface area is 187 Å². The first-order valence-electron chi connectivity index (χ1n) is 11.2. The first kappa shape index (κ1) is 29.9. The van der Waals surface area contributed by atoms with Gasteiger partial charge in [-0.3, -0.25) is 4.79 Å². The van der Waals surface area contributed by atoms with Crippen molar-refractivity contribution in [1.82, 2.24) is 5.32 Å². The first-order valence-corrected chi connectivity index (χ1v) is 11.2. The monoisotopic (exact) mass is 469 g/mol. The van der Waals surface area contributed by atoms with E-state index in [0.29, 0.717) is 6.04 Å². The van der Waals surface area contributed by atoms with E-state index in [9.17, 15) is 26.7 Å². The van der Waals surface area contributed by atoms with Gasteiger partial charge in [-0.15, -0.1) is 0 Å². The molecule has 1 saturated carbocycles. The van der Waals surface area contributed by atoms with E-state index < -0.39 is 18.9 Å². The van der Waals surface area contributed by atoms with Gasteiger partial charge in [0.15, 0.2) is 11.5 Å². The molecule has 1 aromatic rings. The van der Waals surface area contributed by atoms with Crippen molar-refractivity contribution in [2.75, 3.05) is 0 Å². The second kappa shape index (κ2) is 18.5. The van der Waals surface area contributed by atoms with E-state index in [0.717, 1.165) is 56.7 Å². The van der Waals surface area contributed by atoms with Gasteiger partial charge in [-0.1, -0.05) is 40.0 Å². The molecular formula is C23H36F5NO3. The van der Waals surface area contributed by atoms with Gasteiger partial charge in [0.1, 0.15) is 5.82 Å². The zero-order chi connectivity index (χ0) is 24.4. The van der Waals surface area contributed by atoms with Crippen molar-refractivity contribution in [1.29, 1.82) is 0 Å². The summed E-state index contributed by atoms with van der Waals surface area (Å²) in [6, 6.07) is 3.68. The van der Waals surface area contributed by atoms with Crippen LogP contribution in [0, 0.1) is 5.82 Å². The van der Waals surface area contributed by atoms with E-state index in [2.05, 4.69) is 23.9 Å². The molecule has 1 N–H and O–H groups in total. The van der Waals surface area contributed by atoms with Gasteiger partial charge >= 0.3 is 6.61 Å². The van der Waals surface area contributed by atoms with Crippen LogP contribution in [0.3, 0.4) is 0 Å². The third kappa shape index (κ3) is 14.9. The van der Waals surface area contributed by atoms with E-state index in [1.54, 1.807) is 0 Å². The fourth-order valence-electron chi connectivity index (χ4n) is 2.58. The number of hydrogen-bond donors (Lipinski definition) is 1. The topological polar surface area (TPSA) is 47.6 Å². The predicted molar refractivity (Wildman–Crippen MR) is 115 cm³/mol. The Balaban J connectivity index is 0.000000523. The van der Waals surface area contributed by atoms with Crippen molar-refractivity contribution in [3.8, 4) is 11.5 Å². The fraction of sp³-hybridized carbons (Fsp3) is 0.696. The number of halogens is 5. The van der Waals surface area contributed by atoms with E-state index in [-0.39, 0.29) is 24.0 Å². The highest BCUT2D eigenvalue weighted by atomic mass is 19.3. The lowest BCUT2D eigenvalue weighted by Gasteiger charge is -2.27. The van der Waals surface area contributed by atoms with Crippen LogP contribution < -0.4 is 14.8 Å². The Morgan fingerprint density at radius 2 is 1.72 bits per heavy atom. The molecule has 0 bridgehead atoms. The van der Waals surface area contributed by atoms with Crippen LogP contribution in [0.25, 0.3) is 0 Å². The third-order valence-electron chi connectivity index (χ3n) is 4.73. The summed E-state index contributed by atoms with van der Waals surface area (Å²) >= 11 is 0. The molecule has 1 atom stereocenters. The summed E-state index contributed by atoms with van der Waals surface area (Å²) in [7, 11) is 0. The van der Waals surface area contributed by atoms with Gasteiger partial charge in [-0.05, 0) is 44.2 Å².